The standard InChI is InChI=1S/C20H20N6OS/c1-13-9-14(2)26(25-13)19-11-18(23-12-24-19)21-7-8-22-20(27)17-10-15-5-3-4-6-16(15)28-17/h3-6,9-12H,7-8H2,1-2H3,(H,22,27)(H,21,23,24). The Hall–Kier alpha value is -3.26. The number of hydrogen-bond acceptors (Lipinski definition) is 6. The Morgan fingerprint density at radius 2 is 1.96 bits per heavy atom. The molecule has 3 aromatic heterocycles. The van der Waals surface area contributed by atoms with Crippen LogP contribution in [0.25, 0.3) is 15.9 Å². The molecule has 0 fully saturated rings. The van der Waals surface area contributed by atoms with Crippen molar-refractivity contribution in [2.45, 2.75) is 13.8 Å². The summed E-state index contributed by atoms with van der Waals surface area (Å²) in [5, 5.41) is 11.7. The Balaban J connectivity index is 1.33. The number of rotatable bonds is 6. The molecule has 4 rings (SSSR count). The summed E-state index contributed by atoms with van der Waals surface area (Å²) in [7, 11) is 0. The monoisotopic (exact) mass is 392 g/mol. The predicted molar refractivity (Wildman–Crippen MR) is 111 cm³/mol. The molecule has 0 aliphatic carbocycles. The topological polar surface area (TPSA) is 84.7 Å². The third-order valence-corrected chi connectivity index (χ3v) is 5.36. The van der Waals surface area contributed by atoms with Crippen molar-refractivity contribution < 1.29 is 4.79 Å². The molecular weight excluding hydrogens is 372 g/mol. The van der Waals surface area contributed by atoms with Crippen LogP contribution in [0.15, 0.2) is 48.8 Å². The lowest BCUT2D eigenvalue weighted by Crippen LogP contribution is -2.28. The summed E-state index contributed by atoms with van der Waals surface area (Å²) in [6, 6.07) is 13.8. The first-order valence-corrected chi connectivity index (χ1v) is 9.78. The van der Waals surface area contributed by atoms with Gasteiger partial charge in [-0.3, -0.25) is 4.79 Å². The smallest absolute Gasteiger partial charge is 0.261 e. The Morgan fingerprint density at radius 3 is 2.75 bits per heavy atom. The fourth-order valence-electron chi connectivity index (χ4n) is 2.97. The number of aromatic nitrogens is 4. The van der Waals surface area contributed by atoms with Crippen molar-refractivity contribution in [3.05, 3.63) is 65.1 Å². The van der Waals surface area contributed by atoms with E-state index in [-0.39, 0.29) is 5.91 Å². The fourth-order valence-corrected chi connectivity index (χ4v) is 3.95. The minimum absolute atomic E-state index is 0.0611. The van der Waals surface area contributed by atoms with E-state index in [4.69, 9.17) is 0 Å². The molecule has 4 aromatic rings. The van der Waals surface area contributed by atoms with Gasteiger partial charge in [0.2, 0.25) is 0 Å². The Kier molecular flexibility index (Phi) is 5.03. The number of nitrogens with zero attached hydrogens (tertiary/aromatic N) is 4. The summed E-state index contributed by atoms with van der Waals surface area (Å²) < 4.78 is 2.90. The number of carbonyl (C=O) groups excluding carboxylic acids is 1. The third-order valence-electron chi connectivity index (χ3n) is 4.25. The zero-order valence-corrected chi connectivity index (χ0v) is 16.5. The van der Waals surface area contributed by atoms with Crippen LogP contribution in [0.1, 0.15) is 21.1 Å². The van der Waals surface area contributed by atoms with Crippen molar-refractivity contribution in [2.24, 2.45) is 0 Å². The number of nitrogens with one attached hydrogen (secondary N) is 2. The molecule has 0 aliphatic heterocycles. The zero-order valence-electron chi connectivity index (χ0n) is 15.6. The van der Waals surface area contributed by atoms with Crippen LogP contribution in [0.2, 0.25) is 0 Å². The van der Waals surface area contributed by atoms with Crippen molar-refractivity contribution in [1.29, 1.82) is 0 Å². The van der Waals surface area contributed by atoms with Gasteiger partial charge in [-0.2, -0.15) is 5.10 Å². The summed E-state index contributed by atoms with van der Waals surface area (Å²) in [6.45, 7) is 4.98. The van der Waals surface area contributed by atoms with E-state index in [1.54, 1.807) is 4.68 Å². The highest BCUT2D eigenvalue weighted by Gasteiger charge is 2.10. The molecule has 7 nitrogen and oxygen atoms in total. The molecule has 28 heavy (non-hydrogen) atoms. The van der Waals surface area contributed by atoms with Crippen LogP contribution in [0.4, 0.5) is 5.82 Å². The number of benzene rings is 1. The molecule has 1 aromatic carbocycles. The van der Waals surface area contributed by atoms with Crippen LogP contribution in [-0.2, 0) is 0 Å². The molecule has 0 unspecified atom stereocenters. The van der Waals surface area contributed by atoms with Gasteiger partial charge in [0.1, 0.15) is 12.1 Å². The molecule has 1 amide bonds. The molecule has 0 aliphatic rings. The van der Waals surface area contributed by atoms with Gasteiger partial charge in [-0.15, -0.1) is 11.3 Å². The summed E-state index contributed by atoms with van der Waals surface area (Å²) in [6.07, 6.45) is 1.50. The second-order valence-corrected chi connectivity index (χ2v) is 7.52. The third kappa shape index (κ3) is 3.86. The van der Waals surface area contributed by atoms with Crippen LogP contribution >= 0.6 is 11.3 Å². The minimum Gasteiger partial charge on any atom is -0.368 e. The summed E-state index contributed by atoms with van der Waals surface area (Å²) >= 11 is 1.50. The van der Waals surface area contributed by atoms with Crippen LogP contribution in [0.5, 0.6) is 0 Å². The van der Waals surface area contributed by atoms with E-state index < -0.39 is 0 Å². The normalized spacial score (nSPS) is 10.9. The van der Waals surface area contributed by atoms with Crippen LogP contribution in [0.3, 0.4) is 0 Å². The maximum Gasteiger partial charge on any atom is 0.261 e. The molecule has 8 heteroatoms. The zero-order chi connectivity index (χ0) is 19.5. The first kappa shape index (κ1) is 18.1. The fraction of sp³-hybridized carbons (Fsp3) is 0.200. The van der Waals surface area contributed by atoms with E-state index >= 15 is 0 Å². The Morgan fingerprint density at radius 1 is 1.11 bits per heavy atom. The predicted octanol–water partition coefficient (Wildman–Crippen LogP) is 3.34. The summed E-state index contributed by atoms with van der Waals surface area (Å²) in [5.74, 6) is 1.33. The van der Waals surface area contributed by atoms with Crippen molar-refractivity contribution >= 4 is 33.1 Å². The number of thiophene rings is 1. The quantitative estimate of drug-likeness (QED) is 0.492. The first-order valence-electron chi connectivity index (χ1n) is 8.96. The van der Waals surface area contributed by atoms with Gasteiger partial charge in [0.05, 0.1) is 10.6 Å². The van der Waals surface area contributed by atoms with Gasteiger partial charge >= 0.3 is 0 Å². The van der Waals surface area contributed by atoms with Crippen molar-refractivity contribution in [3.63, 3.8) is 0 Å². The molecule has 0 radical (unpaired) electrons. The molecule has 3 heterocycles. The maximum atomic E-state index is 12.3. The molecule has 0 atom stereocenters. The average Bonchev–Trinajstić information content (AvgIpc) is 3.28. The second-order valence-electron chi connectivity index (χ2n) is 6.43. The van der Waals surface area contributed by atoms with E-state index in [0.29, 0.717) is 24.7 Å². The van der Waals surface area contributed by atoms with Gasteiger partial charge in [0.15, 0.2) is 5.82 Å². The summed E-state index contributed by atoms with van der Waals surface area (Å²) in [4.78, 5) is 21.6. The first-order chi connectivity index (χ1) is 13.6. The van der Waals surface area contributed by atoms with Gasteiger partial charge in [-0.05, 0) is 37.4 Å². The van der Waals surface area contributed by atoms with Gasteiger partial charge in [0, 0.05) is 29.5 Å². The highest BCUT2D eigenvalue weighted by atomic mass is 32.1. The lowest BCUT2D eigenvalue weighted by atomic mass is 10.2. The highest BCUT2D eigenvalue weighted by Crippen LogP contribution is 2.24. The number of fused-ring (bicyclic) bond motifs is 1. The van der Waals surface area contributed by atoms with E-state index in [1.807, 2.05) is 56.3 Å². The van der Waals surface area contributed by atoms with Crippen LogP contribution in [-0.4, -0.2) is 38.7 Å². The Bertz CT molecular complexity index is 1100. The molecule has 0 spiro atoms. The van der Waals surface area contributed by atoms with Crippen molar-refractivity contribution in [2.75, 3.05) is 18.4 Å². The molecule has 2 N–H and O–H groups in total. The van der Waals surface area contributed by atoms with Gasteiger partial charge in [0.25, 0.3) is 5.91 Å². The number of anilines is 1. The van der Waals surface area contributed by atoms with E-state index in [2.05, 4.69) is 25.7 Å². The molecule has 0 bridgehead atoms. The lowest BCUT2D eigenvalue weighted by Gasteiger charge is -2.08. The van der Waals surface area contributed by atoms with Crippen LogP contribution < -0.4 is 10.6 Å². The number of hydrogen-bond donors (Lipinski definition) is 2. The van der Waals surface area contributed by atoms with Crippen LogP contribution in [0, 0.1) is 13.8 Å². The van der Waals surface area contributed by atoms with Gasteiger partial charge in [-0.25, -0.2) is 14.6 Å². The Labute approximate surface area is 166 Å². The van der Waals surface area contributed by atoms with Gasteiger partial charge in [-0.1, -0.05) is 18.2 Å². The molecule has 0 saturated carbocycles. The van der Waals surface area contributed by atoms with E-state index in [0.717, 1.165) is 26.4 Å². The highest BCUT2D eigenvalue weighted by molar-refractivity contribution is 7.20. The molecule has 142 valence electrons. The maximum absolute atomic E-state index is 12.3. The molecule has 0 saturated heterocycles. The minimum atomic E-state index is -0.0611. The van der Waals surface area contributed by atoms with Crippen molar-refractivity contribution in [3.8, 4) is 5.82 Å². The molecular formula is C20H20N6OS. The van der Waals surface area contributed by atoms with E-state index in [1.165, 1.54) is 17.7 Å². The summed E-state index contributed by atoms with van der Waals surface area (Å²) in [5.41, 5.74) is 1.95. The lowest BCUT2D eigenvalue weighted by molar-refractivity contribution is 0.0959. The van der Waals surface area contributed by atoms with E-state index in [9.17, 15) is 4.79 Å². The van der Waals surface area contributed by atoms with Crippen molar-refractivity contribution in [1.82, 2.24) is 25.1 Å². The largest absolute Gasteiger partial charge is 0.368 e. The number of aryl methyl sites for hydroxylation is 2. The number of carbonyl (C=O) groups is 1. The number of amides is 1. The van der Waals surface area contributed by atoms with Gasteiger partial charge < -0.3 is 10.6 Å². The SMILES string of the molecule is Cc1cc(C)n(-c2cc(NCCNC(=O)c3cc4ccccc4s3)ncn2)n1. The second kappa shape index (κ2) is 7.77. The average molecular weight is 392 g/mol.